The lowest BCUT2D eigenvalue weighted by molar-refractivity contribution is -0.141. The van der Waals surface area contributed by atoms with Crippen LogP contribution in [0.1, 0.15) is 68.7 Å². The molecular weight excluding hydrogens is 376 g/mol. The zero-order valence-electron chi connectivity index (χ0n) is 18.0. The van der Waals surface area contributed by atoms with E-state index in [1.807, 2.05) is 28.9 Å². The fourth-order valence-corrected chi connectivity index (χ4v) is 3.76. The van der Waals surface area contributed by atoms with Crippen LogP contribution in [0.3, 0.4) is 0 Å². The molecule has 6 heteroatoms. The zero-order chi connectivity index (χ0) is 21.4. The van der Waals surface area contributed by atoms with E-state index in [0.717, 1.165) is 54.9 Å². The highest BCUT2D eigenvalue weighted by atomic mass is 16.4. The van der Waals surface area contributed by atoms with Gasteiger partial charge < -0.3 is 5.11 Å². The van der Waals surface area contributed by atoms with Crippen molar-refractivity contribution >= 4 is 12.2 Å². The zero-order valence-corrected chi connectivity index (χ0v) is 18.0. The van der Waals surface area contributed by atoms with Gasteiger partial charge in [-0.05, 0) is 30.0 Å². The van der Waals surface area contributed by atoms with Gasteiger partial charge >= 0.3 is 5.97 Å². The van der Waals surface area contributed by atoms with Crippen molar-refractivity contribution in [2.75, 3.05) is 6.54 Å². The normalized spacial score (nSPS) is 18.1. The molecule has 0 saturated heterocycles. The molecule has 6 nitrogen and oxygen atoms in total. The lowest BCUT2D eigenvalue weighted by Crippen LogP contribution is -2.38. The van der Waals surface area contributed by atoms with Crippen LogP contribution >= 0.6 is 0 Å². The highest BCUT2D eigenvalue weighted by Gasteiger charge is 2.38. The minimum atomic E-state index is -1.08. The fourth-order valence-electron chi connectivity index (χ4n) is 3.76. The van der Waals surface area contributed by atoms with Gasteiger partial charge in [-0.1, -0.05) is 63.5 Å². The number of carbonyl (C=O) groups is 1. The van der Waals surface area contributed by atoms with Crippen LogP contribution in [0.2, 0.25) is 0 Å². The van der Waals surface area contributed by atoms with Gasteiger partial charge in [-0.15, -0.1) is 0 Å². The van der Waals surface area contributed by atoms with Crippen LogP contribution < -0.4 is 0 Å². The first-order valence-corrected chi connectivity index (χ1v) is 11.0. The second-order valence-corrected chi connectivity index (χ2v) is 7.98. The number of aromatic nitrogens is 3. The number of allylic oxidation sites excluding steroid dienone is 1. The van der Waals surface area contributed by atoms with Crippen LogP contribution in [0.15, 0.2) is 41.4 Å². The summed E-state index contributed by atoms with van der Waals surface area (Å²) in [5.41, 5.74) is 0.751. The molecule has 0 spiro atoms. The first-order valence-electron chi connectivity index (χ1n) is 11.0. The van der Waals surface area contributed by atoms with Gasteiger partial charge in [-0.3, -0.25) is 9.79 Å². The fraction of sp³-hybridized carbons (Fsp3) is 0.500. The standard InChI is InChI=1S/C24H32N4O2/c1-3-5-7-9-21-26-22(10-6-4-2)28(27-21)17-19-11-13-20(14-12-19)24(23(29)30)15-8-16-25-18-24/h8,11-16H,3-7,9-10,17-18H2,1-2H3,(H,29,30). The first kappa shape index (κ1) is 21.9. The molecule has 0 saturated carbocycles. The molecule has 1 atom stereocenters. The molecule has 2 heterocycles. The molecule has 2 aromatic rings. The van der Waals surface area contributed by atoms with E-state index in [9.17, 15) is 9.90 Å². The van der Waals surface area contributed by atoms with Gasteiger partial charge in [0.2, 0.25) is 0 Å². The smallest absolute Gasteiger partial charge is 0.319 e. The number of dihydropyridines is 1. The Bertz CT molecular complexity index is 898. The Kier molecular flexibility index (Phi) is 7.55. The quantitative estimate of drug-likeness (QED) is 0.560. The number of aryl methyl sites for hydroxylation is 2. The SMILES string of the molecule is CCCCCc1nc(CCCC)n(Cc2ccc(C3(C(=O)O)C=CC=NC3)cc2)n1. The molecule has 1 N–H and O–H groups in total. The summed E-state index contributed by atoms with van der Waals surface area (Å²) in [5.74, 6) is 1.10. The van der Waals surface area contributed by atoms with Gasteiger partial charge in [0.05, 0.1) is 13.1 Å². The molecule has 30 heavy (non-hydrogen) atoms. The highest BCUT2D eigenvalue weighted by molar-refractivity contribution is 5.88. The van der Waals surface area contributed by atoms with Gasteiger partial charge in [-0.25, -0.2) is 9.67 Å². The second kappa shape index (κ2) is 10.3. The molecule has 0 radical (unpaired) electrons. The van der Waals surface area contributed by atoms with Crippen molar-refractivity contribution in [3.63, 3.8) is 0 Å². The van der Waals surface area contributed by atoms with Crippen molar-refractivity contribution in [1.29, 1.82) is 0 Å². The average Bonchev–Trinajstić information content (AvgIpc) is 3.14. The molecule has 1 aliphatic rings. The first-order chi connectivity index (χ1) is 14.6. The lowest BCUT2D eigenvalue weighted by atomic mass is 9.79. The summed E-state index contributed by atoms with van der Waals surface area (Å²) in [6.45, 7) is 5.26. The number of unbranched alkanes of at least 4 members (excludes halogenated alkanes) is 3. The van der Waals surface area contributed by atoms with Gasteiger partial charge in [0.25, 0.3) is 0 Å². The predicted molar refractivity (Wildman–Crippen MR) is 119 cm³/mol. The number of nitrogens with zero attached hydrogens (tertiary/aromatic N) is 4. The van der Waals surface area contributed by atoms with Crippen LogP contribution in [0.25, 0.3) is 0 Å². The highest BCUT2D eigenvalue weighted by Crippen LogP contribution is 2.29. The maximum atomic E-state index is 12.0. The molecular formula is C24H32N4O2. The molecule has 1 aromatic heterocycles. The third-order valence-electron chi connectivity index (χ3n) is 5.65. The van der Waals surface area contributed by atoms with Crippen LogP contribution in [0.4, 0.5) is 0 Å². The van der Waals surface area contributed by atoms with Gasteiger partial charge in [0, 0.05) is 19.1 Å². The molecule has 1 aromatic carbocycles. The molecule has 160 valence electrons. The molecule has 1 unspecified atom stereocenters. The third kappa shape index (κ3) is 5.04. The molecule has 0 bridgehead atoms. The summed E-state index contributed by atoms with van der Waals surface area (Å²) in [5, 5.41) is 14.6. The van der Waals surface area contributed by atoms with Crippen LogP contribution in [0.5, 0.6) is 0 Å². The van der Waals surface area contributed by atoms with Crippen molar-refractivity contribution in [3.8, 4) is 0 Å². The van der Waals surface area contributed by atoms with Crippen molar-refractivity contribution in [2.45, 2.75) is 70.8 Å². The maximum absolute atomic E-state index is 12.0. The number of hydrogen-bond acceptors (Lipinski definition) is 4. The van der Waals surface area contributed by atoms with Gasteiger partial charge in [-0.2, -0.15) is 5.10 Å². The topological polar surface area (TPSA) is 80.4 Å². The van der Waals surface area contributed by atoms with E-state index < -0.39 is 11.4 Å². The molecule has 1 aliphatic heterocycles. The Hall–Kier alpha value is -2.76. The second-order valence-electron chi connectivity index (χ2n) is 7.98. The summed E-state index contributed by atoms with van der Waals surface area (Å²) in [7, 11) is 0. The Morgan fingerprint density at radius 3 is 2.50 bits per heavy atom. The Balaban J connectivity index is 1.78. The van der Waals surface area contributed by atoms with Crippen LogP contribution in [-0.4, -0.2) is 38.6 Å². The van der Waals surface area contributed by atoms with E-state index in [1.165, 1.54) is 12.8 Å². The summed E-state index contributed by atoms with van der Waals surface area (Å²) in [6, 6.07) is 7.79. The molecule has 3 rings (SSSR count). The number of hydrogen-bond donors (Lipinski definition) is 1. The van der Waals surface area contributed by atoms with Crippen molar-refractivity contribution in [3.05, 3.63) is 59.2 Å². The predicted octanol–water partition coefficient (Wildman–Crippen LogP) is 4.36. The number of aliphatic imine (C=N–C) groups is 1. The number of aliphatic carboxylic acids is 1. The molecule has 0 fully saturated rings. The summed E-state index contributed by atoms with van der Waals surface area (Å²) < 4.78 is 2.02. The Labute approximate surface area is 178 Å². The van der Waals surface area contributed by atoms with E-state index in [4.69, 9.17) is 10.1 Å². The maximum Gasteiger partial charge on any atom is 0.319 e. The monoisotopic (exact) mass is 408 g/mol. The van der Waals surface area contributed by atoms with Gasteiger partial charge in [0.1, 0.15) is 11.2 Å². The lowest BCUT2D eigenvalue weighted by Gasteiger charge is -2.26. The summed E-state index contributed by atoms with van der Waals surface area (Å²) >= 11 is 0. The minimum Gasteiger partial charge on any atom is -0.480 e. The van der Waals surface area contributed by atoms with E-state index in [0.29, 0.717) is 6.54 Å². The summed E-state index contributed by atoms with van der Waals surface area (Å²) in [4.78, 5) is 20.9. The largest absolute Gasteiger partial charge is 0.480 e. The van der Waals surface area contributed by atoms with Crippen LogP contribution in [-0.2, 0) is 29.6 Å². The van der Waals surface area contributed by atoms with E-state index in [-0.39, 0.29) is 6.54 Å². The number of carboxylic acids is 1. The minimum absolute atomic E-state index is 0.226. The van der Waals surface area contributed by atoms with E-state index in [2.05, 4.69) is 18.8 Å². The van der Waals surface area contributed by atoms with Crippen molar-refractivity contribution < 1.29 is 9.90 Å². The Morgan fingerprint density at radius 2 is 1.87 bits per heavy atom. The summed E-state index contributed by atoms with van der Waals surface area (Å²) in [6.07, 6.45) is 12.7. The van der Waals surface area contributed by atoms with E-state index in [1.54, 1.807) is 18.4 Å². The molecule has 0 amide bonds. The van der Waals surface area contributed by atoms with Crippen LogP contribution in [0, 0.1) is 0 Å². The Morgan fingerprint density at radius 1 is 1.10 bits per heavy atom. The number of rotatable bonds is 11. The average molecular weight is 409 g/mol. The molecule has 0 aliphatic carbocycles. The van der Waals surface area contributed by atoms with Crippen molar-refractivity contribution in [1.82, 2.24) is 14.8 Å². The third-order valence-corrected chi connectivity index (χ3v) is 5.65. The van der Waals surface area contributed by atoms with Crippen molar-refractivity contribution in [2.24, 2.45) is 4.99 Å². The number of benzene rings is 1. The van der Waals surface area contributed by atoms with Gasteiger partial charge in [0.15, 0.2) is 5.82 Å². The number of carboxylic acid groups (broad SMARTS) is 1. The van der Waals surface area contributed by atoms with E-state index >= 15 is 0 Å².